The van der Waals surface area contributed by atoms with Gasteiger partial charge in [0.25, 0.3) is 0 Å². The van der Waals surface area contributed by atoms with Gasteiger partial charge in [0.2, 0.25) is 5.91 Å². The molecule has 5 nitrogen and oxygen atoms in total. The Balaban J connectivity index is 2.63. The lowest BCUT2D eigenvalue weighted by Crippen LogP contribution is -2.46. The second-order valence-electron chi connectivity index (χ2n) is 5.18. The van der Waals surface area contributed by atoms with Crippen molar-refractivity contribution in [2.75, 3.05) is 0 Å². The standard InChI is InChI=1S/C14H20N2O3S/c1-5-14(3,4)16-12(17)9(2)20-11-7-6-10(8-15-11)13(18)19/h6-9H,5H2,1-4H3,(H,16,17)(H,18,19). The van der Waals surface area contributed by atoms with E-state index < -0.39 is 5.97 Å². The molecule has 0 aliphatic rings. The summed E-state index contributed by atoms with van der Waals surface area (Å²) in [5.41, 5.74) is -0.0921. The smallest absolute Gasteiger partial charge is 0.337 e. The Hall–Kier alpha value is -1.56. The lowest BCUT2D eigenvalue weighted by Gasteiger charge is -2.26. The Morgan fingerprint density at radius 1 is 1.45 bits per heavy atom. The Labute approximate surface area is 123 Å². The maximum Gasteiger partial charge on any atom is 0.337 e. The van der Waals surface area contributed by atoms with Gasteiger partial charge >= 0.3 is 5.97 Å². The second kappa shape index (κ2) is 6.74. The zero-order valence-corrected chi connectivity index (χ0v) is 13.0. The van der Waals surface area contributed by atoms with E-state index >= 15 is 0 Å². The summed E-state index contributed by atoms with van der Waals surface area (Å²) in [6.45, 7) is 7.77. The molecule has 1 heterocycles. The number of carbonyl (C=O) groups is 2. The summed E-state index contributed by atoms with van der Waals surface area (Å²) in [4.78, 5) is 26.8. The molecule has 0 saturated carbocycles. The minimum Gasteiger partial charge on any atom is -0.478 e. The van der Waals surface area contributed by atoms with Gasteiger partial charge in [-0.3, -0.25) is 4.79 Å². The molecule has 110 valence electrons. The highest BCUT2D eigenvalue weighted by Gasteiger charge is 2.22. The summed E-state index contributed by atoms with van der Waals surface area (Å²) < 4.78 is 0. The maximum atomic E-state index is 12.0. The number of carboxylic acids is 1. The zero-order valence-electron chi connectivity index (χ0n) is 12.1. The predicted molar refractivity (Wildman–Crippen MR) is 79.0 cm³/mol. The lowest BCUT2D eigenvalue weighted by molar-refractivity contribution is -0.121. The fourth-order valence-corrected chi connectivity index (χ4v) is 2.12. The fraction of sp³-hybridized carbons (Fsp3) is 0.500. The summed E-state index contributed by atoms with van der Waals surface area (Å²) in [7, 11) is 0. The molecule has 0 radical (unpaired) electrons. The molecule has 6 heteroatoms. The number of hydrogen-bond donors (Lipinski definition) is 2. The summed E-state index contributed by atoms with van der Waals surface area (Å²) in [6.07, 6.45) is 2.15. The van der Waals surface area contributed by atoms with E-state index in [1.54, 1.807) is 13.0 Å². The van der Waals surface area contributed by atoms with Gasteiger partial charge < -0.3 is 10.4 Å². The first-order chi connectivity index (χ1) is 9.25. The highest BCUT2D eigenvalue weighted by molar-refractivity contribution is 8.00. The van der Waals surface area contributed by atoms with Gasteiger partial charge in [0, 0.05) is 11.7 Å². The van der Waals surface area contributed by atoms with Gasteiger partial charge in [0.05, 0.1) is 15.8 Å². The Morgan fingerprint density at radius 3 is 2.55 bits per heavy atom. The van der Waals surface area contributed by atoms with Crippen molar-refractivity contribution in [3.8, 4) is 0 Å². The van der Waals surface area contributed by atoms with Crippen molar-refractivity contribution >= 4 is 23.6 Å². The SMILES string of the molecule is CCC(C)(C)NC(=O)C(C)Sc1ccc(C(=O)O)cn1. The van der Waals surface area contributed by atoms with Crippen molar-refractivity contribution in [2.45, 2.75) is 49.9 Å². The third-order valence-corrected chi connectivity index (χ3v) is 4.05. The molecule has 1 aromatic heterocycles. The summed E-state index contributed by atoms with van der Waals surface area (Å²) in [5, 5.41) is 12.1. The summed E-state index contributed by atoms with van der Waals surface area (Å²) in [5.74, 6) is -1.06. The molecular formula is C14H20N2O3S. The van der Waals surface area contributed by atoms with Crippen molar-refractivity contribution in [3.63, 3.8) is 0 Å². The number of nitrogens with zero attached hydrogens (tertiary/aromatic N) is 1. The van der Waals surface area contributed by atoms with Crippen LogP contribution in [0.2, 0.25) is 0 Å². The summed E-state index contributed by atoms with van der Waals surface area (Å²) >= 11 is 1.31. The Kier molecular flexibility index (Phi) is 5.56. The molecule has 0 spiro atoms. The van der Waals surface area contributed by atoms with E-state index in [4.69, 9.17) is 5.11 Å². The van der Waals surface area contributed by atoms with Crippen LogP contribution in [-0.4, -0.2) is 32.8 Å². The van der Waals surface area contributed by atoms with E-state index in [9.17, 15) is 9.59 Å². The highest BCUT2D eigenvalue weighted by Crippen LogP contribution is 2.22. The molecule has 0 aromatic carbocycles. The molecule has 1 rings (SSSR count). The van der Waals surface area contributed by atoms with Crippen LogP contribution in [0.1, 0.15) is 44.5 Å². The van der Waals surface area contributed by atoms with E-state index in [-0.39, 0.29) is 22.3 Å². The monoisotopic (exact) mass is 296 g/mol. The molecule has 1 unspecified atom stereocenters. The number of hydrogen-bond acceptors (Lipinski definition) is 4. The Bertz CT molecular complexity index is 486. The topological polar surface area (TPSA) is 79.3 Å². The van der Waals surface area contributed by atoms with E-state index in [2.05, 4.69) is 10.3 Å². The highest BCUT2D eigenvalue weighted by atomic mass is 32.2. The zero-order chi connectivity index (χ0) is 15.3. The van der Waals surface area contributed by atoms with Crippen LogP contribution in [0.5, 0.6) is 0 Å². The first kappa shape index (κ1) is 16.5. The van der Waals surface area contributed by atoms with Gasteiger partial charge in [0.15, 0.2) is 0 Å². The quantitative estimate of drug-likeness (QED) is 0.789. The fourth-order valence-electron chi connectivity index (χ4n) is 1.33. The number of pyridine rings is 1. The minimum atomic E-state index is -1.01. The average molecular weight is 296 g/mol. The van der Waals surface area contributed by atoms with E-state index in [1.165, 1.54) is 24.0 Å². The number of nitrogens with one attached hydrogen (secondary N) is 1. The summed E-state index contributed by atoms with van der Waals surface area (Å²) in [6, 6.07) is 3.10. The van der Waals surface area contributed by atoms with Gasteiger partial charge in [-0.05, 0) is 39.3 Å². The van der Waals surface area contributed by atoms with Gasteiger partial charge in [-0.25, -0.2) is 9.78 Å². The van der Waals surface area contributed by atoms with Gasteiger partial charge in [-0.1, -0.05) is 18.7 Å². The molecule has 1 aromatic rings. The molecule has 0 bridgehead atoms. The van der Waals surface area contributed by atoms with Crippen molar-refractivity contribution < 1.29 is 14.7 Å². The van der Waals surface area contributed by atoms with Gasteiger partial charge in [-0.2, -0.15) is 0 Å². The molecule has 0 saturated heterocycles. The first-order valence-corrected chi connectivity index (χ1v) is 7.31. The molecule has 1 atom stereocenters. The number of carbonyl (C=O) groups excluding carboxylic acids is 1. The van der Waals surface area contributed by atoms with Gasteiger partial charge in [0.1, 0.15) is 0 Å². The Morgan fingerprint density at radius 2 is 2.10 bits per heavy atom. The molecule has 20 heavy (non-hydrogen) atoms. The number of aromatic carboxylic acids is 1. The normalized spacial score (nSPS) is 12.8. The van der Waals surface area contributed by atoms with Crippen LogP contribution in [0.15, 0.2) is 23.4 Å². The van der Waals surface area contributed by atoms with Crippen LogP contribution in [-0.2, 0) is 4.79 Å². The molecule has 2 N–H and O–H groups in total. The third kappa shape index (κ3) is 4.85. The number of carboxylic acid groups (broad SMARTS) is 1. The van der Waals surface area contributed by atoms with E-state index in [0.717, 1.165) is 6.42 Å². The van der Waals surface area contributed by atoms with Crippen LogP contribution >= 0.6 is 11.8 Å². The third-order valence-electron chi connectivity index (χ3n) is 3.00. The predicted octanol–water partition coefficient (Wildman–Crippen LogP) is 2.57. The largest absolute Gasteiger partial charge is 0.478 e. The van der Waals surface area contributed by atoms with Crippen LogP contribution in [0.3, 0.4) is 0 Å². The number of rotatable bonds is 6. The van der Waals surface area contributed by atoms with Crippen molar-refractivity contribution in [1.82, 2.24) is 10.3 Å². The van der Waals surface area contributed by atoms with Gasteiger partial charge in [-0.15, -0.1) is 0 Å². The number of amides is 1. The van der Waals surface area contributed by atoms with Crippen LogP contribution in [0.25, 0.3) is 0 Å². The molecule has 0 fully saturated rings. The first-order valence-electron chi connectivity index (χ1n) is 6.43. The second-order valence-corrected chi connectivity index (χ2v) is 6.54. The van der Waals surface area contributed by atoms with Crippen LogP contribution in [0.4, 0.5) is 0 Å². The van der Waals surface area contributed by atoms with Crippen molar-refractivity contribution in [2.24, 2.45) is 0 Å². The molecule has 0 aliphatic heterocycles. The number of thioether (sulfide) groups is 1. The van der Waals surface area contributed by atoms with Crippen molar-refractivity contribution in [3.05, 3.63) is 23.9 Å². The molecule has 1 amide bonds. The van der Waals surface area contributed by atoms with Crippen molar-refractivity contribution in [1.29, 1.82) is 0 Å². The van der Waals surface area contributed by atoms with Crippen LogP contribution in [0, 0.1) is 0 Å². The average Bonchev–Trinajstić information content (AvgIpc) is 2.38. The molecular weight excluding hydrogens is 276 g/mol. The number of aromatic nitrogens is 1. The molecule has 0 aliphatic carbocycles. The maximum absolute atomic E-state index is 12.0. The van der Waals surface area contributed by atoms with E-state index in [1.807, 2.05) is 20.8 Å². The van der Waals surface area contributed by atoms with E-state index in [0.29, 0.717) is 5.03 Å². The van der Waals surface area contributed by atoms with Crippen LogP contribution < -0.4 is 5.32 Å². The minimum absolute atomic E-state index is 0.0500. The lowest BCUT2D eigenvalue weighted by atomic mass is 10.0.